The van der Waals surface area contributed by atoms with Gasteiger partial charge in [-0.1, -0.05) is 33.2 Å². The van der Waals surface area contributed by atoms with Crippen molar-refractivity contribution in [2.45, 2.75) is 20.3 Å². The van der Waals surface area contributed by atoms with Gasteiger partial charge in [0.25, 0.3) is 0 Å². The summed E-state index contributed by atoms with van der Waals surface area (Å²) in [6.45, 7) is 4.65. The average Bonchev–Trinajstić information content (AvgIpc) is 2.14. The van der Waals surface area contributed by atoms with Crippen molar-refractivity contribution in [1.82, 2.24) is 0 Å². The smallest absolute Gasteiger partial charge is 0.0298 e. The maximum atomic E-state index is 8.15. The Balaban J connectivity index is 2.84. The van der Waals surface area contributed by atoms with Gasteiger partial charge in [0.05, 0.1) is 0 Å². The van der Waals surface area contributed by atoms with Crippen LogP contribution in [0.25, 0.3) is 10.4 Å². The Hall–Kier alpha value is -0.990. The van der Waals surface area contributed by atoms with Gasteiger partial charge in [0, 0.05) is 15.9 Å². The van der Waals surface area contributed by atoms with Crippen LogP contribution in [0.15, 0.2) is 21.7 Å². The monoisotopic (exact) mass is 253 g/mol. The molecule has 0 saturated carbocycles. The Labute approximate surface area is 91.9 Å². The summed E-state index contributed by atoms with van der Waals surface area (Å²) >= 11 is 3.51. The van der Waals surface area contributed by atoms with Gasteiger partial charge < -0.3 is 0 Å². The van der Waals surface area contributed by atoms with E-state index < -0.39 is 0 Å². The lowest BCUT2D eigenvalue weighted by Crippen LogP contribution is -1.92. The molecule has 0 aliphatic heterocycles. The molecule has 0 unspecified atom stereocenters. The van der Waals surface area contributed by atoms with Crippen molar-refractivity contribution in [2.24, 2.45) is 5.11 Å². The fraction of sp³-hybridized carbons (Fsp3) is 0.400. The largest absolute Gasteiger partial charge is 0.0936 e. The van der Waals surface area contributed by atoms with Crippen molar-refractivity contribution in [2.75, 3.05) is 6.54 Å². The molecule has 0 bridgehead atoms. The number of halogens is 1. The molecule has 74 valence electrons. The molecule has 0 atom stereocenters. The zero-order valence-electron chi connectivity index (χ0n) is 8.29. The van der Waals surface area contributed by atoms with Gasteiger partial charge in [-0.05, 0) is 42.5 Å². The molecule has 0 N–H and O–H groups in total. The van der Waals surface area contributed by atoms with Crippen molar-refractivity contribution in [3.05, 3.63) is 43.7 Å². The van der Waals surface area contributed by atoms with Gasteiger partial charge >= 0.3 is 0 Å². The van der Waals surface area contributed by atoms with Crippen molar-refractivity contribution in [1.29, 1.82) is 0 Å². The number of rotatable bonds is 3. The van der Waals surface area contributed by atoms with Crippen LogP contribution in [0, 0.1) is 13.8 Å². The molecule has 0 aromatic heterocycles. The Morgan fingerprint density at radius 1 is 1.36 bits per heavy atom. The van der Waals surface area contributed by atoms with E-state index >= 15 is 0 Å². The van der Waals surface area contributed by atoms with Gasteiger partial charge in [0.1, 0.15) is 0 Å². The van der Waals surface area contributed by atoms with Crippen molar-refractivity contribution >= 4 is 15.9 Å². The predicted molar refractivity (Wildman–Crippen MR) is 61.3 cm³/mol. The topological polar surface area (TPSA) is 48.8 Å². The summed E-state index contributed by atoms with van der Waals surface area (Å²) in [5.74, 6) is 0. The van der Waals surface area contributed by atoms with E-state index in [1.165, 1.54) is 16.7 Å². The summed E-state index contributed by atoms with van der Waals surface area (Å²) < 4.78 is 1.16. The summed E-state index contributed by atoms with van der Waals surface area (Å²) in [5.41, 5.74) is 11.8. The Kier molecular flexibility index (Phi) is 3.98. The second-order valence-electron chi connectivity index (χ2n) is 3.25. The van der Waals surface area contributed by atoms with Gasteiger partial charge in [0.15, 0.2) is 0 Å². The molecule has 1 aromatic carbocycles. The van der Waals surface area contributed by atoms with Crippen LogP contribution in [0.5, 0.6) is 0 Å². The number of azide groups is 1. The highest BCUT2D eigenvalue weighted by Crippen LogP contribution is 2.22. The van der Waals surface area contributed by atoms with E-state index in [0.717, 1.165) is 10.9 Å². The predicted octanol–water partition coefficient (Wildman–Crippen LogP) is 3.92. The molecule has 0 spiro atoms. The number of hydrogen-bond donors (Lipinski definition) is 0. The van der Waals surface area contributed by atoms with Gasteiger partial charge in [-0.3, -0.25) is 0 Å². The minimum atomic E-state index is 0.525. The highest BCUT2D eigenvalue weighted by molar-refractivity contribution is 9.10. The van der Waals surface area contributed by atoms with E-state index in [-0.39, 0.29) is 0 Å². The van der Waals surface area contributed by atoms with Crippen LogP contribution in [0.1, 0.15) is 16.7 Å². The summed E-state index contributed by atoms with van der Waals surface area (Å²) in [5, 5.41) is 3.52. The summed E-state index contributed by atoms with van der Waals surface area (Å²) in [4.78, 5) is 2.73. The van der Waals surface area contributed by atoms with Crippen LogP contribution in [-0.2, 0) is 6.42 Å². The lowest BCUT2D eigenvalue weighted by Gasteiger charge is -2.06. The normalized spacial score (nSPS) is 9.64. The van der Waals surface area contributed by atoms with Crippen molar-refractivity contribution in [3.63, 3.8) is 0 Å². The molecule has 0 heterocycles. The number of benzene rings is 1. The van der Waals surface area contributed by atoms with Crippen LogP contribution in [-0.4, -0.2) is 6.54 Å². The van der Waals surface area contributed by atoms with E-state index in [0.29, 0.717) is 6.54 Å². The standard InChI is InChI=1S/C10H12BrN3/c1-7-5-9(3-4-13-14-12)6-8(2)10(7)11/h5-6H,3-4H2,1-2H3. The third-order valence-corrected chi connectivity index (χ3v) is 3.31. The molecule has 0 amide bonds. The molecule has 0 radical (unpaired) electrons. The Morgan fingerprint density at radius 2 is 1.93 bits per heavy atom. The fourth-order valence-corrected chi connectivity index (χ4v) is 1.63. The van der Waals surface area contributed by atoms with Crippen LogP contribution in [0.3, 0.4) is 0 Å². The maximum absolute atomic E-state index is 8.15. The van der Waals surface area contributed by atoms with Crippen LogP contribution < -0.4 is 0 Å². The Bertz CT molecular complexity index is 358. The first-order valence-corrected chi connectivity index (χ1v) is 5.21. The molecule has 0 aliphatic carbocycles. The lowest BCUT2D eigenvalue weighted by atomic mass is 10.1. The summed E-state index contributed by atoms with van der Waals surface area (Å²) in [6, 6.07) is 4.23. The quantitative estimate of drug-likeness (QED) is 0.446. The minimum Gasteiger partial charge on any atom is -0.0936 e. The maximum Gasteiger partial charge on any atom is 0.0298 e. The van der Waals surface area contributed by atoms with E-state index in [9.17, 15) is 0 Å². The van der Waals surface area contributed by atoms with Gasteiger partial charge in [-0.15, -0.1) is 0 Å². The third-order valence-electron chi connectivity index (χ3n) is 2.06. The van der Waals surface area contributed by atoms with Crippen molar-refractivity contribution < 1.29 is 0 Å². The van der Waals surface area contributed by atoms with E-state index in [1.54, 1.807) is 0 Å². The minimum absolute atomic E-state index is 0.525. The summed E-state index contributed by atoms with van der Waals surface area (Å²) in [7, 11) is 0. The molecular weight excluding hydrogens is 242 g/mol. The third kappa shape index (κ3) is 2.76. The zero-order chi connectivity index (χ0) is 10.6. The average molecular weight is 254 g/mol. The first kappa shape index (κ1) is 11.1. The van der Waals surface area contributed by atoms with Crippen LogP contribution in [0.2, 0.25) is 0 Å². The molecule has 1 rings (SSSR count). The van der Waals surface area contributed by atoms with Gasteiger partial charge in [-0.2, -0.15) is 0 Å². The molecule has 1 aromatic rings. The molecule has 0 fully saturated rings. The number of nitrogens with zero attached hydrogens (tertiary/aromatic N) is 3. The van der Waals surface area contributed by atoms with E-state index in [2.05, 4.69) is 51.9 Å². The molecule has 3 nitrogen and oxygen atoms in total. The Morgan fingerprint density at radius 3 is 2.43 bits per heavy atom. The number of aryl methyl sites for hydroxylation is 2. The van der Waals surface area contributed by atoms with E-state index in [1.807, 2.05) is 0 Å². The molecule has 0 saturated heterocycles. The highest BCUT2D eigenvalue weighted by atomic mass is 79.9. The van der Waals surface area contributed by atoms with Gasteiger partial charge in [-0.25, -0.2) is 0 Å². The molecule has 14 heavy (non-hydrogen) atoms. The highest BCUT2D eigenvalue weighted by Gasteiger charge is 2.01. The number of hydrogen-bond acceptors (Lipinski definition) is 1. The molecule has 4 heteroatoms. The lowest BCUT2D eigenvalue weighted by molar-refractivity contribution is 0.951. The fourth-order valence-electron chi connectivity index (χ4n) is 1.40. The first-order chi connectivity index (χ1) is 6.65. The van der Waals surface area contributed by atoms with Crippen LogP contribution in [0.4, 0.5) is 0 Å². The summed E-state index contributed by atoms with van der Waals surface area (Å²) in [6.07, 6.45) is 0.805. The second-order valence-corrected chi connectivity index (χ2v) is 4.04. The van der Waals surface area contributed by atoms with Crippen LogP contribution >= 0.6 is 15.9 Å². The second kappa shape index (κ2) is 5.03. The molecule has 0 aliphatic rings. The first-order valence-electron chi connectivity index (χ1n) is 4.41. The van der Waals surface area contributed by atoms with Crippen molar-refractivity contribution in [3.8, 4) is 0 Å². The SMILES string of the molecule is Cc1cc(CCN=[N+]=[N-])cc(C)c1Br. The van der Waals surface area contributed by atoms with Gasteiger partial charge in [0.2, 0.25) is 0 Å². The molecular formula is C10H12BrN3. The zero-order valence-corrected chi connectivity index (χ0v) is 9.87. The van der Waals surface area contributed by atoms with E-state index in [4.69, 9.17) is 5.53 Å².